The van der Waals surface area contributed by atoms with E-state index in [1.807, 2.05) is 23.3 Å². The Morgan fingerprint density at radius 2 is 2.54 bits per heavy atom. The first-order valence-corrected chi connectivity index (χ1v) is 5.04. The zero-order valence-corrected chi connectivity index (χ0v) is 8.55. The van der Waals surface area contributed by atoms with Gasteiger partial charge in [-0.3, -0.25) is 0 Å². The molecule has 13 heavy (non-hydrogen) atoms. The fourth-order valence-electron chi connectivity index (χ4n) is 1.03. The highest BCUT2D eigenvalue weighted by atomic mass is 32.1. The number of hydrogen-bond donors (Lipinski definition) is 1. The molecule has 0 aliphatic heterocycles. The predicted octanol–water partition coefficient (Wildman–Crippen LogP) is 1.44. The molecule has 4 heteroatoms. The molecule has 0 bridgehead atoms. The first-order chi connectivity index (χ1) is 6.27. The summed E-state index contributed by atoms with van der Waals surface area (Å²) < 4.78 is 0. The Balaban J connectivity index is 2.68. The van der Waals surface area contributed by atoms with Gasteiger partial charge in [-0.05, 0) is 6.92 Å². The van der Waals surface area contributed by atoms with Gasteiger partial charge >= 0.3 is 0 Å². The minimum Gasteiger partial charge on any atom is -0.395 e. The van der Waals surface area contributed by atoms with Crippen LogP contribution in [0.3, 0.4) is 0 Å². The number of anilines is 1. The highest BCUT2D eigenvalue weighted by Gasteiger charge is 2.06. The molecule has 0 atom stereocenters. The second-order valence-corrected chi connectivity index (χ2v) is 3.57. The molecule has 3 nitrogen and oxygen atoms in total. The van der Waals surface area contributed by atoms with E-state index in [0.717, 1.165) is 17.4 Å². The third-order valence-electron chi connectivity index (χ3n) is 1.60. The molecule has 1 aromatic heterocycles. The van der Waals surface area contributed by atoms with Crippen molar-refractivity contribution in [3.8, 4) is 0 Å². The van der Waals surface area contributed by atoms with Crippen molar-refractivity contribution in [2.24, 2.45) is 0 Å². The Bertz CT molecular complexity index is 272. The van der Waals surface area contributed by atoms with Crippen molar-refractivity contribution in [3.63, 3.8) is 0 Å². The van der Waals surface area contributed by atoms with Crippen LogP contribution in [0, 0.1) is 6.92 Å². The van der Waals surface area contributed by atoms with Crippen molar-refractivity contribution >= 4 is 16.5 Å². The zero-order chi connectivity index (χ0) is 9.68. The largest absolute Gasteiger partial charge is 0.395 e. The third-order valence-corrected chi connectivity index (χ3v) is 2.62. The van der Waals surface area contributed by atoms with Gasteiger partial charge in [0, 0.05) is 18.5 Å². The van der Waals surface area contributed by atoms with Crippen molar-refractivity contribution in [3.05, 3.63) is 23.7 Å². The highest BCUT2D eigenvalue weighted by Crippen LogP contribution is 2.19. The summed E-state index contributed by atoms with van der Waals surface area (Å²) in [4.78, 5) is 6.34. The van der Waals surface area contributed by atoms with Crippen LogP contribution < -0.4 is 4.90 Å². The maximum Gasteiger partial charge on any atom is 0.185 e. The van der Waals surface area contributed by atoms with Gasteiger partial charge < -0.3 is 10.0 Å². The van der Waals surface area contributed by atoms with Crippen LogP contribution in [-0.4, -0.2) is 29.8 Å². The maximum absolute atomic E-state index is 8.83. The molecule has 0 aliphatic rings. The third kappa shape index (κ3) is 2.82. The average molecular weight is 198 g/mol. The lowest BCUT2D eigenvalue weighted by atomic mass is 10.5. The van der Waals surface area contributed by atoms with Crippen molar-refractivity contribution in [1.29, 1.82) is 0 Å². The van der Waals surface area contributed by atoms with Crippen LogP contribution in [0.5, 0.6) is 0 Å². The van der Waals surface area contributed by atoms with Gasteiger partial charge in [0.1, 0.15) is 0 Å². The Hall–Kier alpha value is -0.870. The summed E-state index contributed by atoms with van der Waals surface area (Å²) in [6.07, 6.45) is 1.81. The molecule has 0 aromatic carbocycles. The Morgan fingerprint density at radius 1 is 1.77 bits per heavy atom. The van der Waals surface area contributed by atoms with E-state index in [1.54, 1.807) is 11.3 Å². The smallest absolute Gasteiger partial charge is 0.185 e. The van der Waals surface area contributed by atoms with E-state index in [0.29, 0.717) is 6.54 Å². The van der Waals surface area contributed by atoms with Crippen LogP contribution in [0.25, 0.3) is 0 Å². The lowest BCUT2D eigenvalue weighted by Gasteiger charge is -2.18. The van der Waals surface area contributed by atoms with Gasteiger partial charge in [-0.1, -0.05) is 6.08 Å². The van der Waals surface area contributed by atoms with Gasteiger partial charge in [0.25, 0.3) is 0 Å². The summed E-state index contributed by atoms with van der Waals surface area (Å²) in [6, 6.07) is 0. The summed E-state index contributed by atoms with van der Waals surface area (Å²) in [7, 11) is 0. The molecule has 0 amide bonds. The van der Waals surface area contributed by atoms with Gasteiger partial charge in [-0.2, -0.15) is 0 Å². The van der Waals surface area contributed by atoms with E-state index in [2.05, 4.69) is 11.6 Å². The van der Waals surface area contributed by atoms with Crippen molar-refractivity contribution < 1.29 is 5.11 Å². The first kappa shape index (κ1) is 10.2. The van der Waals surface area contributed by atoms with Gasteiger partial charge in [0.2, 0.25) is 0 Å². The van der Waals surface area contributed by atoms with Crippen LogP contribution in [0.4, 0.5) is 5.13 Å². The van der Waals surface area contributed by atoms with Crippen LogP contribution in [0.15, 0.2) is 18.0 Å². The molecule has 0 fully saturated rings. The van der Waals surface area contributed by atoms with Crippen molar-refractivity contribution in [2.75, 3.05) is 24.6 Å². The lowest BCUT2D eigenvalue weighted by molar-refractivity contribution is 0.303. The molecule has 0 radical (unpaired) electrons. The zero-order valence-electron chi connectivity index (χ0n) is 7.73. The maximum atomic E-state index is 8.83. The number of aliphatic hydroxyl groups excluding tert-OH is 1. The molecule has 0 aliphatic carbocycles. The monoisotopic (exact) mass is 198 g/mol. The summed E-state index contributed by atoms with van der Waals surface area (Å²) in [5.41, 5.74) is 1.02. The standard InChI is InChI=1S/C9H14N2OS/c1-3-4-11(5-6-12)9-10-8(2)7-13-9/h3,7,12H,1,4-6H2,2H3. The lowest BCUT2D eigenvalue weighted by Crippen LogP contribution is -2.26. The van der Waals surface area contributed by atoms with Crippen LogP contribution in [0.2, 0.25) is 0 Å². The summed E-state index contributed by atoms with van der Waals surface area (Å²) in [5, 5.41) is 11.8. The van der Waals surface area contributed by atoms with E-state index in [9.17, 15) is 0 Å². The van der Waals surface area contributed by atoms with E-state index in [1.165, 1.54) is 0 Å². The number of aromatic nitrogens is 1. The van der Waals surface area contributed by atoms with Gasteiger partial charge in [-0.15, -0.1) is 17.9 Å². The fraction of sp³-hybridized carbons (Fsp3) is 0.444. The van der Waals surface area contributed by atoms with E-state index < -0.39 is 0 Å². The summed E-state index contributed by atoms with van der Waals surface area (Å²) >= 11 is 1.59. The van der Waals surface area contributed by atoms with Crippen LogP contribution in [-0.2, 0) is 0 Å². The second-order valence-electron chi connectivity index (χ2n) is 2.73. The Labute approximate surface area is 82.3 Å². The molecule has 0 spiro atoms. The van der Waals surface area contributed by atoms with Gasteiger partial charge in [0.05, 0.1) is 12.3 Å². The molecule has 0 saturated carbocycles. The van der Waals surface area contributed by atoms with Crippen molar-refractivity contribution in [1.82, 2.24) is 4.98 Å². The topological polar surface area (TPSA) is 36.4 Å². The Morgan fingerprint density at radius 3 is 3.00 bits per heavy atom. The molecular weight excluding hydrogens is 184 g/mol. The number of rotatable bonds is 5. The van der Waals surface area contributed by atoms with Crippen molar-refractivity contribution in [2.45, 2.75) is 6.92 Å². The predicted molar refractivity (Wildman–Crippen MR) is 56.3 cm³/mol. The van der Waals surface area contributed by atoms with Crippen LogP contribution in [0.1, 0.15) is 5.69 Å². The van der Waals surface area contributed by atoms with E-state index in [4.69, 9.17) is 5.11 Å². The average Bonchev–Trinajstić information content (AvgIpc) is 2.51. The molecule has 1 heterocycles. The highest BCUT2D eigenvalue weighted by molar-refractivity contribution is 7.13. The quantitative estimate of drug-likeness (QED) is 0.727. The molecule has 0 saturated heterocycles. The fourth-order valence-corrected chi connectivity index (χ4v) is 1.87. The molecule has 1 N–H and O–H groups in total. The van der Waals surface area contributed by atoms with E-state index in [-0.39, 0.29) is 6.61 Å². The molecule has 72 valence electrons. The summed E-state index contributed by atoms with van der Waals surface area (Å²) in [6.45, 7) is 7.12. The SMILES string of the molecule is C=CCN(CCO)c1nc(C)cs1. The Kier molecular flexibility index (Phi) is 3.92. The summed E-state index contributed by atoms with van der Waals surface area (Å²) in [5.74, 6) is 0. The normalized spacial score (nSPS) is 10.0. The number of nitrogens with zero attached hydrogens (tertiary/aromatic N) is 2. The number of thiazole rings is 1. The molecule has 0 unspecified atom stereocenters. The van der Waals surface area contributed by atoms with Gasteiger partial charge in [0.15, 0.2) is 5.13 Å². The number of aliphatic hydroxyl groups is 1. The minimum atomic E-state index is 0.145. The van der Waals surface area contributed by atoms with E-state index >= 15 is 0 Å². The first-order valence-electron chi connectivity index (χ1n) is 4.16. The van der Waals surface area contributed by atoms with Crippen LogP contribution >= 0.6 is 11.3 Å². The molecule has 1 rings (SSSR count). The number of hydrogen-bond acceptors (Lipinski definition) is 4. The second kappa shape index (κ2) is 4.99. The minimum absolute atomic E-state index is 0.145. The molecule has 1 aromatic rings. The molecular formula is C9H14N2OS. The number of aryl methyl sites for hydroxylation is 1. The van der Waals surface area contributed by atoms with Gasteiger partial charge in [-0.25, -0.2) is 4.98 Å².